The summed E-state index contributed by atoms with van der Waals surface area (Å²) in [5, 5.41) is 11.8. The number of imidazole rings is 1. The van der Waals surface area contributed by atoms with Crippen LogP contribution in [0.3, 0.4) is 0 Å². The number of hydrogen-bond acceptors (Lipinski definition) is 5. The van der Waals surface area contributed by atoms with Crippen LogP contribution in [0.15, 0.2) is 31.1 Å². The Morgan fingerprint density at radius 1 is 1.28 bits per heavy atom. The summed E-state index contributed by atoms with van der Waals surface area (Å²) in [6.07, 6.45) is 10.7. The Labute approximate surface area is 105 Å². The van der Waals surface area contributed by atoms with Gasteiger partial charge in [-0.25, -0.2) is 15.0 Å². The molecule has 2 aromatic heterocycles. The number of unbranched alkanes of at least 4 members (excludes halogenated alkanes) is 1. The number of nitriles is 1. The summed E-state index contributed by atoms with van der Waals surface area (Å²) >= 11 is 0. The quantitative estimate of drug-likeness (QED) is 0.775. The summed E-state index contributed by atoms with van der Waals surface area (Å²) < 4.78 is 2.06. The normalized spacial score (nSPS) is 9.94. The molecular weight excluding hydrogens is 228 g/mol. The lowest BCUT2D eigenvalue weighted by molar-refractivity contribution is 0.620. The first-order valence-corrected chi connectivity index (χ1v) is 5.80. The van der Waals surface area contributed by atoms with E-state index >= 15 is 0 Å². The standard InChI is InChI=1S/C12H14N6/c13-7-11-8-17-12(9-16-11)15-3-1-2-5-18-6-4-14-10-18/h4,6,8-10H,1-3,5H2,(H,15,17). The van der Waals surface area contributed by atoms with Gasteiger partial charge in [0.15, 0.2) is 5.69 Å². The van der Waals surface area contributed by atoms with E-state index in [0.29, 0.717) is 11.5 Å². The highest BCUT2D eigenvalue weighted by Gasteiger charge is 1.96. The minimum Gasteiger partial charge on any atom is -0.369 e. The Morgan fingerprint density at radius 2 is 2.22 bits per heavy atom. The van der Waals surface area contributed by atoms with Crippen LogP contribution in [-0.2, 0) is 6.54 Å². The number of hydrogen-bond donors (Lipinski definition) is 1. The molecule has 0 saturated heterocycles. The SMILES string of the molecule is N#Cc1cnc(NCCCCn2ccnc2)cn1. The first kappa shape index (κ1) is 12.0. The highest BCUT2D eigenvalue weighted by molar-refractivity contribution is 5.32. The van der Waals surface area contributed by atoms with Gasteiger partial charge in [-0.15, -0.1) is 0 Å². The molecular formula is C12H14N6. The number of nitrogens with one attached hydrogen (secondary N) is 1. The molecule has 6 heteroatoms. The van der Waals surface area contributed by atoms with E-state index in [1.807, 2.05) is 18.6 Å². The second kappa shape index (κ2) is 6.35. The molecule has 0 atom stereocenters. The molecule has 92 valence electrons. The zero-order valence-corrected chi connectivity index (χ0v) is 9.95. The van der Waals surface area contributed by atoms with Crippen molar-refractivity contribution in [2.24, 2.45) is 0 Å². The van der Waals surface area contributed by atoms with Gasteiger partial charge in [0.05, 0.1) is 18.7 Å². The third-order valence-electron chi connectivity index (χ3n) is 2.47. The average molecular weight is 242 g/mol. The fraction of sp³-hybridized carbons (Fsp3) is 0.333. The molecule has 0 aliphatic carbocycles. The molecule has 2 rings (SSSR count). The Morgan fingerprint density at radius 3 is 2.89 bits per heavy atom. The van der Waals surface area contributed by atoms with Gasteiger partial charge in [0, 0.05) is 25.5 Å². The maximum absolute atomic E-state index is 8.58. The van der Waals surface area contributed by atoms with Crippen molar-refractivity contribution >= 4 is 5.82 Å². The second-order valence-electron chi connectivity index (χ2n) is 3.83. The maximum Gasteiger partial charge on any atom is 0.158 e. The third-order valence-corrected chi connectivity index (χ3v) is 2.47. The summed E-state index contributed by atoms with van der Waals surface area (Å²) in [6.45, 7) is 1.82. The fourth-order valence-electron chi connectivity index (χ4n) is 1.53. The van der Waals surface area contributed by atoms with Crippen LogP contribution in [0.25, 0.3) is 0 Å². The van der Waals surface area contributed by atoms with Crippen molar-refractivity contribution in [1.29, 1.82) is 5.26 Å². The van der Waals surface area contributed by atoms with E-state index in [0.717, 1.165) is 25.9 Å². The summed E-state index contributed by atoms with van der Waals surface area (Å²) in [7, 11) is 0. The molecule has 18 heavy (non-hydrogen) atoms. The zero-order chi connectivity index (χ0) is 12.6. The van der Waals surface area contributed by atoms with E-state index in [1.165, 1.54) is 6.20 Å². The highest BCUT2D eigenvalue weighted by Crippen LogP contribution is 2.01. The molecule has 0 fully saturated rings. The van der Waals surface area contributed by atoms with Gasteiger partial charge in [0.1, 0.15) is 11.9 Å². The minimum absolute atomic E-state index is 0.334. The average Bonchev–Trinajstić information content (AvgIpc) is 2.92. The van der Waals surface area contributed by atoms with E-state index in [-0.39, 0.29) is 0 Å². The predicted molar refractivity (Wildman–Crippen MR) is 66.7 cm³/mol. The Balaban J connectivity index is 1.64. The predicted octanol–water partition coefficient (Wildman–Crippen LogP) is 1.44. The van der Waals surface area contributed by atoms with Gasteiger partial charge in [-0.3, -0.25) is 0 Å². The second-order valence-corrected chi connectivity index (χ2v) is 3.83. The first-order valence-electron chi connectivity index (χ1n) is 5.80. The van der Waals surface area contributed by atoms with Crippen LogP contribution < -0.4 is 5.32 Å². The molecule has 0 aliphatic rings. The van der Waals surface area contributed by atoms with Crippen LogP contribution in [-0.4, -0.2) is 26.1 Å². The van der Waals surface area contributed by atoms with Crippen molar-refractivity contribution in [2.45, 2.75) is 19.4 Å². The van der Waals surface area contributed by atoms with Crippen molar-refractivity contribution in [2.75, 3.05) is 11.9 Å². The van der Waals surface area contributed by atoms with E-state index < -0.39 is 0 Å². The molecule has 0 aliphatic heterocycles. The summed E-state index contributed by atoms with van der Waals surface area (Å²) in [5.74, 6) is 0.705. The molecule has 2 heterocycles. The van der Waals surface area contributed by atoms with Crippen molar-refractivity contribution in [1.82, 2.24) is 19.5 Å². The van der Waals surface area contributed by atoms with Crippen molar-refractivity contribution in [3.63, 3.8) is 0 Å². The number of anilines is 1. The van der Waals surface area contributed by atoms with E-state index in [9.17, 15) is 0 Å². The van der Waals surface area contributed by atoms with Gasteiger partial charge in [0.25, 0.3) is 0 Å². The van der Waals surface area contributed by atoms with Crippen LogP contribution >= 0.6 is 0 Å². The number of nitrogens with zero attached hydrogens (tertiary/aromatic N) is 5. The molecule has 0 saturated carbocycles. The van der Waals surface area contributed by atoms with Gasteiger partial charge in [-0.2, -0.15) is 5.26 Å². The van der Waals surface area contributed by atoms with Crippen molar-refractivity contribution in [3.05, 3.63) is 36.8 Å². The smallest absolute Gasteiger partial charge is 0.158 e. The van der Waals surface area contributed by atoms with Gasteiger partial charge >= 0.3 is 0 Å². The lowest BCUT2D eigenvalue weighted by Crippen LogP contribution is -2.05. The lowest BCUT2D eigenvalue weighted by atomic mass is 10.3. The van der Waals surface area contributed by atoms with E-state index in [2.05, 4.69) is 24.8 Å². The Kier molecular flexibility index (Phi) is 4.25. The number of aromatic nitrogens is 4. The molecule has 0 bridgehead atoms. The highest BCUT2D eigenvalue weighted by atomic mass is 15.0. The molecule has 0 aromatic carbocycles. The van der Waals surface area contributed by atoms with Gasteiger partial charge in [-0.1, -0.05) is 0 Å². The molecule has 0 radical (unpaired) electrons. The zero-order valence-electron chi connectivity index (χ0n) is 9.95. The first-order chi connectivity index (χ1) is 8.88. The summed E-state index contributed by atoms with van der Waals surface area (Å²) in [5.41, 5.74) is 0.334. The molecule has 0 amide bonds. The van der Waals surface area contributed by atoms with E-state index in [1.54, 1.807) is 12.4 Å². The molecule has 6 nitrogen and oxygen atoms in total. The van der Waals surface area contributed by atoms with Crippen molar-refractivity contribution < 1.29 is 0 Å². The maximum atomic E-state index is 8.58. The van der Waals surface area contributed by atoms with Crippen LogP contribution in [0.1, 0.15) is 18.5 Å². The fourth-order valence-corrected chi connectivity index (χ4v) is 1.53. The number of aryl methyl sites for hydroxylation is 1. The lowest BCUT2D eigenvalue weighted by Gasteiger charge is -2.05. The van der Waals surface area contributed by atoms with Crippen molar-refractivity contribution in [3.8, 4) is 6.07 Å². The topological polar surface area (TPSA) is 79.4 Å². The Bertz CT molecular complexity index is 496. The Hall–Kier alpha value is -2.42. The van der Waals surface area contributed by atoms with Crippen LogP contribution in [0.2, 0.25) is 0 Å². The van der Waals surface area contributed by atoms with Gasteiger partial charge < -0.3 is 9.88 Å². The van der Waals surface area contributed by atoms with Crippen LogP contribution in [0.4, 0.5) is 5.82 Å². The number of rotatable bonds is 6. The summed E-state index contributed by atoms with van der Waals surface area (Å²) in [4.78, 5) is 12.0. The third kappa shape index (κ3) is 3.56. The summed E-state index contributed by atoms with van der Waals surface area (Å²) in [6, 6.07) is 1.94. The van der Waals surface area contributed by atoms with Crippen LogP contribution in [0.5, 0.6) is 0 Å². The molecule has 2 aromatic rings. The van der Waals surface area contributed by atoms with E-state index in [4.69, 9.17) is 5.26 Å². The minimum atomic E-state index is 0.334. The van der Waals surface area contributed by atoms with Gasteiger partial charge in [0.2, 0.25) is 0 Å². The van der Waals surface area contributed by atoms with Gasteiger partial charge in [-0.05, 0) is 12.8 Å². The molecule has 0 spiro atoms. The van der Waals surface area contributed by atoms with Crippen LogP contribution in [0, 0.1) is 11.3 Å². The largest absolute Gasteiger partial charge is 0.369 e. The monoisotopic (exact) mass is 242 g/mol. The molecule has 1 N–H and O–H groups in total. The molecule has 0 unspecified atom stereocenters.